The highest BCUT2D eigenvalue weighted by molar-refractivity contribution is 14.1. The van der Waals surface area contributed by atoms with Gasteiger partial charge in [-0.1, -0.05) is 22.6 Å². The van der Waals surface area contributed by atoms with E-state index in [0.29, 0.717) is 21.4 Å². The summed E-state index contributed by atoms with van der Waals surface area (Å²) in [7, 11) is 0. The van der Waals surface area contributed by atoms with Crippen molar-refractivity contribution in [2.45, 2.75) is 60.1 Å². The van der Waals surface area contributed by atoms with Crippen LogP contribution < -0.4 is 5.32 Å². The highest BCUT2D eigenvalue weighted by atomic mass is 127. The molecule has 0 spiro atoms. The first-order chi connectivity index (χ1) is 7.16. The number of rotatable bonds is 1. The van der Waals surface area contributed by atoms with Crippen molar-refractivity contribution in [3.05, 3.63) is 0 Å². The van der Waals surface area contributed by atoms with Gasteiger partial charge in [0.1, 0.15) is 0 Å². The van der Waals surface area contributed by atoms with E-state index in [0.717, 1.165) is 25.7 Å². The lowest BCUT2D eigenvalue weighted by Crippen LogP contribution is -2.52. The van der Waals surface area contributed by atoms with Crippen LogP contribution in [-0.2, 0) is 0 Å². The molecule has 1 aliphatic heterocycles. The van der Waals surface area contributed by atoms with Crippen LogP contribution in [0.3, 0.4) is 0 Å². The molecule has 2 fully saturated rings. The zero-order chi connectivity index (χ0) is 10.8. The first-order valence-electron chi connectivity index (χ1n) is 5.89. The first kappa shape index (κ1) is 12.4. The van der Waals surface area contributed by atoms with Crippen LogP contribution in [0.4, 0.5) is 0 Å². The molecule has 0 amide bonds. The van der Waals surface area contributed by atoms with Gasteiger partial charge in [-0.15, -0.1) is 11.6 Å². The lowest BCUT2D eigenvalue weighted by Gasteiger charge is -2.40. The van der Waals surface area contributed by atoms with E-state index in [4.69, 9.17) is 11.6 Å². The minimum Gasteiger partial charge on any atom is -0.391 e. The van der Waals surface area contributed by atoms with E-state index in [1.165, 1.54) is 12.8 Å². The van der Waals surface area contributed by atoms with E-state index in [-0.39, 0.29) is 6.10 Å². The third kappa shape index (κ3) is 3.20. The molecule has 0 aromatic heterocycles. The molecule has 2 nitrogen and oxygen atoms in total. The average Bonchev–Trinajstić information content (AvgIpc) is 2.23. The lowest BCUT2D eigenvalue weighted by molar-refractivity contribution is 0.0553. The van der Waals surface area contributed by atoms with Gasteiger partial charge in [0.25, 0.3) is 0 Å². The summed E-state index contributed by atoms with van der Waals surface area (Å²) >= 11 is 8.54. The predicted octanol–water partition coefficient (Wildman–Crippen LogP) is 2.66. The highest BCUT2D eigenvalue weighted by Crippen LogP contribution is 2.33. The van der Waals surface area contributed by atoms with E-state index in [9.17, 15) is 5.11 Å². The van der Waals surface area contributed by atoms with Crippen LogP contribution in [0.1, 0.15) is 38.5 Å². The smallest absolute Gasteiger partial charge is 0.0697 e. The van der Waals surface area contributed by atoms with Crippen molar-refractivity contribution in [3.8, 4) is 0 Å². The second kappa shape index (κ2) is 5.52. The molecule has 1 heterocycles. The number of piperidine rings is 1. The molecule has 88 valence electrons. The summed E-state index contributed by atoms with van der Waals surface area (Å²) in [4.78, 5) is 0. The molecule has 0 aromatic rings. The quantitative estimate of drug-likeness (QED) is 0.436. The summed E-state index contributed by atoms with van der Waals surface area (Å²) in [6.45, 7) is 0. The van der Waals surface area contributed by atoms with Crippen LogP contribution in [0.2, 0.25) is 0 Å². The van der Waals surface area contributed by atoms with E-state index in [1.54, 1.807) is 0 Å². The molecule has 1 aliphatic carbocycles. The fraction of sp³-hybridized carbons (Fsp3) is 1.00. The van der Waals surface area contributed by atoms with Crippen molar-refractivity contribution in [1.29, 1.82) is 0 Å². The summed E-state index contributed by atoms with van der Waals surface area (Å²) in [5, 5.41) is 13.9. The zero-order valence-corrected chi connectivity index (χ0v) is 11.7. The largest absolute Gasteiger partial charge is 0.391 e. The summed E-state index contributed by atoms with van der Waals surface area (Å²) in [5.41, 5.74) is 0. The van der Waals surface area contributed by atoms with Crippen molar-refractivity contribution in [2.24, 2.45) is 5.92 Å². The van der Waals surface area contributed by atoms with Gasteiger partial charge in [-0.2, -0.15) is 0 Å². The Morgan fingerprint density at radius 1 is 1.07 bits per heavy atom. The second-order valence-electron chi connectivity index (χ2n) is 4.82. The number of aliphatic hydroxyl groups is 1. The standard InChI is InChI=1S/C11H19ClINO/c12-8-3-1-7(2-4-8)11-9(15)5-6-10(13)14-11/h7-11,14-15H,1-6H2. The Kier molecular flexibility index (Phi) is 4.56. The summed E-state index contributed by atoms with van der Waals surface area (Å²) in [6.07, 6.45) is 6.47. The minimum atomic E-state index is -0.145. The molecule has 2 rings (SSSR count). The Bertz CT molecular complexity index is 209. The Morgan fingerprint density at radius 2 is 1.73 bits per heavy atom. The molecule has 0 radical (unpaired) electrons. The van der Waals surface area contributed by atoms with Crippen molar-refractivity contribution < 1.29 is 5.11 Å². The minimum absolute atomic E-state index is 0.145. The van der Waals surface area contributed by atoms with Crippen LogP contribution in [-0.4, -0.2) is 26.7 Å². The fourth-order valence-electron chi connectivity index (χ4n) is 2.79. The van der Waals surface area contributed by atoms with Gasteiger partial charge in [0.15, 0.2) is 0 Å². The third-order valence-corrected chi connectivity index (χ3v) is 5.13. The number of hydrogen-bond donors (Lipinski definition) is 2. The van der Waals surface area contributed by atoms with Gasteiger partial charge < -0.3 is 5.11 Å². The number of halogens is 2. The average molecular weight is 344 g/mol. The molecule has 3 atom stereocenters. The van der Waals surface area contributed by atoms with Gasteiger partial charge in [0.05, 0.1) is 10.2 Å². The normalized spacial score (nSPS) is 47.8. The predicted molar refractivity (Wildman–Crippen MR) is 71.6 cm³/mol. The summed E-state index contributed by atoms with van der Waals surface area (Å²) < 4.78 is 0.532. The summed E-state index contributed by atoms with van der Waals surface area (Å²) in [6, 6.07) is 0.310. The van der Waals surface area contributed by atoms with Gasteiger partial charge in [-0.3, -0.25) is 5.32 Å². The summed E-state index contributed by atoms with van der Waals surface area (Å²) in [5.74, 6) is 0.632. The van der Waals surface area contributed by atoms with Crippen LogP contribution in [0.15, 0.2) is 0 Å². The molecular weight excluding hydrogens is 324 g/mol. The maximum Gasteiger partial charge on any atom is 0.0697 e. The fourth-order valence-corrected chi connectivity index (χ4v) is 3.81. The van der Waals surface area contributed by atoms with E-state index in [2.05, 4.69) is 27.9 Å². The van der Waals surface area contributed by atoms with Crippen LogP contribution in [0.25, 0.3) is 0 Å². The maximum atomic E-state index is 10.0. The molecular formula is C11H19ClINO. The van der Waals surface area contributed by atoms with Gasteiger partial charge in [0.2, 0.25) is 0 Å². The molecule has 0 aromatic carbocycles. The maximum absolute atomic E-state index is 10.0. The van der Waals surface area contributed by atoms with Crippen molar-refractivity contribution >= 4 is 34.2 Å². The number of alkyl halides is 2. The Labute approximate surface area is 110 Å². The van der Waals surface area contributed by atoms with Gasteiger partial charge in [-0.05, 0) is 44.4 Å². The molecule has 3 unspecified atom stereocenters. The molecule has 0 bridgehead atoms. The third-order valence-electron chi connectivity index (χ3n) is 3.71. The molecule has 1 saturated carbocycles. The van der Waals surface area contributed by atoms with E-state index < -0.39 is 0 Å². The number of hydrogen-bond acceptors (Lipinski definition) is 2. The van der Waals surface area contributed by atoms with E-state index in [1.807, 2.05) is 0 Å². The zero-order valence-electron chi connectivity index (χ0n) is 8.83. The molecule has 2 aliphatic rings. The number of aliphatic hydroxyl groups excluding tert-OH is 1. The van der Waals surface area contributed by atoms with Crippen LogP contribution in [0.5, 0.6) is 0 Å². The molecule has 15 heavy (non-hydrogen) atoms. The Balaban J connectivity index is 1.90. The SMILES string of the molecule is OC1CCC(I)NC1C1CCC(Cl)CC1. The van der Waals surface area contributed by atoms with Crippen molar-refractivity contribution in [3.63, 3.8) is 0 Å². The number of nitrogens with one attached hydrogen (secondary N) is 1. The van der Waals surface area contributed by atoms with E-state index >= 15 is 0 Å². The second-order valence-corrected chi connectivity index (χ2v) is 6.94. The molecule has 1 saturated heterocycles. The highest BCUT2D eigenvalue weighted by Gasteiger charge is 2.35. The van der Waals surface area contributed by atoms with Gasteiger partial charge >= 0.3 is 0 Å². The van der Waals surface area contributed by atoms with Crippen LogP contribution >= 0.6 is 34.2 Å². The Morgan fingerprint density at radius 3 is 2.40 bits per heavy atom. The van der Waals surface area contributed by atoms with Gasteiger partial charge in [-0.25, -0.2) is 0 Å². The molecule has 4 heteroatoms. The first-order valence-corrected chi connectivity index (χ1v) is 7.57. The Hall–Kier alpha value is 0.940. The van der Waals surface area contributed by atoms with Crippen LogP contribution in [0, 0.1) is 5.92 Å². The van der Waals surface area contributed by atoms with Gasteiger partial charge in [0, 0.05) is 11.4 Å². The van der Waals surface area contributed by atoms with Crippen molar-refractivity contribution in [2.75, 3.05) is 0 Å². The van der Waals surface area contributed by atoms with Crippen molar-refractivity contribution in [1.82, 2.24) is 5.32 Å². The lowest BCUT2D eigenvalue weighted by atomic mass is 9.79. The topological polar surface area (TPSA) is 32.3 Å². The monoisotopic (exact) mass is 343 g/mol. The molecule has 2 N–H and O–H groups in total.